The quantitative estimate of drug-likeness (QED) is 0.681. The van der Waals surface area contributed by atoms with Crippen molar-refractivity contribution >= 4 is 11.9 Å². The standard InChI is InChI=1S/C15H23N5O4/c21-13(17-10-15(14(22)23)3-6-24-7-4-15)12-9-20(19-18-12)11-2-1-5-16-8-11/h9,11,16H,1-8,10H2,(H,17,21)(H,22,23). The molecule has 0 aromatic carbocycles. The third kappa shape index (κ3) is 3.57. The Labute approximate surface area is 139 Å². The molecule has 3 heterocycles. The summed E-state index contributed by atoms with van der Waals surface area (Å²) in [6.07, 6.45) is 4.48. The summed E-state index contributed by atoms with van der Waals surface area (Å²) >= 11 is 0. The number of rotatable bonds is 5. The third-order valence-corrected chi connectivity index (χ3v) is 4.88. The number of aromatic nitrogens is 3. The molecule has 0 aliphatic carbocycles. The first-order chi connectivity index (χ1) is 11.6. The molecule has 1 unspecified atom stereocenters. The molecule has 1 aromatic heterocycles. The number of nitrogens with zero attached hydrogens (tertiary/aromatic N) is 3. The van der Waals surface area contributed by atoms with Crippen molar-refractivity contribution in [2.75, 3.05) is 32.8 Å². The van der Waals surface area contributed by atoms with Crippen molar-refractivity contribution < 1.29 is 19.4 Å². The van der Waals surface area contributed by atoms with Gasteiger partial charge in [0.2, 0.25) is 0 Å². The number of carboxylic acids is 1. The Bertz CT molecular complexity index is 590. The number of nitrogens with one attached hydrogen (secondary N) is 2. The van der Waals surface area contributed by atoms with Crippen LogP contribution >= 0.6 is 0 Å². The van der Waals surface area contributed by atoms with Gasteiger partial charge in [0, 0.05) is 26.3 Å². The number of hydrogen-bond donors (Lipinski definition) is 3. The molecule has 2 fully saturated rings. The molecule has 2 aliphatic rings. The van der Waals surface area contributed by atoms with E-state index in [2.05, 4.69) is 20.9 Å². The van der Waals surface area contributed by atoms with E-state index in [0.29, 0.717) is 26.1 Å². The molecule has 0 saturated carbocycles. The Balaban J connectivity index is 1.60. The molecule has 2 aliphatic heterocycles. The lowest BCUT2D eigenvalue weighted by molar-refractivity contribution is -0.154. The molecule has 1 aromatic rings. The molecule has 132 valence electrons. The Morgan fingerprint density at radius 1 is 1.46 bits per heavy atom. The minimum atomic E-state index is -0.961. The second kappa shape index (κ2) is 7.27. The minimum Gasteiger partial charge on any atom is -0.481 e. The van der Waals surface area contributed by atoms with E-state index in [1.54, 1.807) is 10.9 Å². The van der Waals surface area contributed by atoms with Gasteiger partial charge in [-0.05, 0) is 32.2 Å². The predicted molar refractivity (Wildman–Crippen MR) is 83.6 cm³/mol. The van der Waals surface area contributed by atoms with Gasteiger partial charge in [0.1, 0.15) is 0 Å². The number of amides is 1. The van der Waals surface area contributed by atoms with Crippen LogP contribution in [0, 0.1) is 5.41 Å². The average molecular weight is 337 g/mol. The first-order valence-corrected chi connectivity index (χ1v) is 8.33. The summed E-state index contributed by atoms with van der Waals surface area (Å²) < 4.78 is 6.94. The smallest absolute Gasteiger partial charge is 0.311 e. The molecule has 0 spiro atoms. The summed E-state index contributed by atoms with van der Waals surface area (Å²) in [5.74, 6) is -1.29. The average Bonchev–Trinajstić information content (AvgIpc) is 3.11. The highest BCUT2D eigenvalue weighted by atomic mass is 16.5. The lowest BCUT2D eigenvalue weighted by Gasteiger charge is -2.32. The van der Waals surface area contributed by atoms with Gasteiger partial charge in [-0.3, -0.25) is 9.59 Å². The zero-order valence-electron chi connectivity index (χ0n) is 13.5. The van der Waals surface area contributed by atoms with Crippen LogP contribution in [0.5, 0.6) is 0 Å². The summed E-state index contributed by atoms with van der Waals surface area (Å²) in [7, 11) is 0. The minimum absolute atomic E-state index is 0.0718. The SMILES string of the molecule is O=C(NCC1(C(=O)O)CCOCC1)c1cn(C2CCCNC2)nn1. The molecular formula is C15H23N5O4. The maximum Gasteiger partial charge on any atom is 0.311 e. The van der Waals surface area contributed by atoms with Crippen LogP contribution in [-0.2, 0) is 9.53 Å². The predicted octanol–water partition coefficient (Wildman–Crippen LogP) is -0.186. The highest BCUT2D eigenvalue weighted by Crippen LogP contribution is 2.30. The Hall–Kier alpha value is -2.00. The first-order valence-electron chi connectivity index (χ1n) is 8.33. The van der Waals surface area contributed by atoms with Crippen molar-refractivity contribution in [1.82, 2.24) is 25.6 Å². The normalized spacial score (nSPS) is 23.6. The van der Waals surface area contributed by atoms with Gasteiger partial charge in [-0.25, -0.2) is 4.68 Å². The number of hydrogen-bond acceptors (Lipinski definition) is 6. The van der Waals surface area contributed by atoms with Crippen LogP contribution in [0.4, 0.5) is 0 Å². The summed E-state index contributed by atoms with van der Waals surface area (Å²) in [5.41, 5.74) is -0.745. The maximum atomic E-state index is 12.3. The summed E-state index contributed by atoms with van der Waals surface area (Å²) in [6, 6.07) is 0.202. The zero-order chi connectivity index (χ0) is 17.0. The topological polar surface area (TPSA) is 118 Å². The van der Waals surface area contributed by atoms with Crippen LogP contribution in [0.3, 0.4) is 0 Å². The fourth-order valence-electron chi connectivity index (χ4n) is 3.19. The molecule has 3 rings (SSSR count). The number of aliphatic carboxylic acids is 1. The monoisotopic (exact) mass is 337 g/mol. The van der Waals surface area contributed by atoms with Gasteiger partial charge in [0.15, 0.2) is 5.69 Å². The van der Waals surface area contributed by atoms with Gasteiger partial charge in [0.25, 0.3) is 5.91 Å². The number of carbonyl (C=O) groups is 2. The fraction of sp³-hybridized carbons (Fsp3) is 0.733. The number of carboxylic acid groups (broad SMARTS) is 1. The van der Waals surface area contributed by atoms with Gasteiger partial charge in [-0.1, -0.05) is 5.21 Å². The zero-order valence-corrected chi connectivity index (χ0v) is 13.5. The fourth-order valence-corrected chi connectivity index (χ4v) is 3.19. The lowest BCUT2D eigenvalue weighted by atomic mass is 9.80. The van der Waals surface area contributed by atoms with E-state index < -0.39 is 17.3 Å². The van der Waals surface area contributed by atoms with Gasteiger partial charge in [-0.2, -0.15) is 0 Å². The Kier molecular flexibility index (Phi) is 5.10. The van der Waals surface area contributed by atoms with Crippen molar-refractivity contribution in [2.24, 2.45) is 5.41 Å². The molecule has 1 amide bonds. The number of carbonyl (C=O) groups excluding carboxylic acids is 1. The van der Waals surface area contributed by atoms with E-state index in [1.807, 2.05) is 0 Å². The van der Waals surface area contributed by atoms with Gasteiger partial charge in [-0.15, -0.1) is 5.10 Å². The van der Waals surface area contributed by atoms with Gasteiger partial charge < -0.3 is 20.5 Å². The van der Waals surface area contributed by atoms with Gasteiger partial charge >= 0.3 is 5.97 Å². The van der Waals surface area contributed by atoms with Crippen molar-refractivity contribution in [3.05, 3.63) is 11.9 Å². The molecule has 1 atom stereocenters. The largest absolute Gasteiger partial charge is 0.481 e. The van der Waals surface area contributed by atoms with E-state index in [1.165, 1.54) is 0 Å². The number of piperidine rings is 1. The van der Waals surface area contributed by atoms with Crippen LogP contribution in [0.2, 0.25) is 0 Å². The molecule has 2 saturated heterocycles. The number of ether oxygens (including phenoxy) is 1. The first kappa shape index (κ1) is 16.8. The van der Waals surface area contributed by atoms with Crippen LogP contribution < -0.4 is 10.6 Å². The van der Waals surface area contributed by atoms with Crippen LogP contribution in [0.25, 0.3) is 0 Å². The summed E-state index contributed by atoms with van der Waals surface area (Å²) in [4.78, 5) is 23.9. The third-order valence-electron chi connectivity index (χ3n) is 4.88. The molecule has 9 nitrogen and oxygen atoms in total. The lowest BCUT2D eigenvalue weighted by Crippen LogP contribution is -2.46. The van der Waals surface area contributed by atoms with Crippen LogP contribution in [0.1, 0.15) is 42.2 Å². The molecule has 3 N–H and O–H groups in total. The van der Waals surface area contributed by atoms with Crippen molar-refractivity contribution in [2.45, 2.75) is 31.7 Å². The van der Waals surface area contributed by atoms with Crippen molar-refractivity contribution in [3.63, 3.8) is 0 Å². The molecule has 24 heavy (non-hydrogen) atoms. The second-order valence-corrected chi connectivity index (χ2v) is 6.46. The Morgan fingerprint density at radius 3 is 2.92 bits per heavy atom. The van der Waals surface area contributed by atoms with E-state index >= 15 is 0 Å². The van der Waals surface area contributed by atoms with Crippen molar-refractivity contribution in [3.8, 4) is 0 Å². The van der Waals surface area contributed by atoms with Crippen LogP contribution in [0.15, 0.2) is 6.20 Å². The molecule has 0 bridgehead atoms. The summed E-state index contributed by atoms with van der Waals surface area (Å²) in [5, 5.41) is 23.5. The van der Waals surface area contributed by atoms with E-state index in [-0.39, 0.29) is 18.3 Å². The summed E-state index contributed by atoms with van der Waals surface area (Å²) in [6.45, 7) is 2.68. The van der Waals surface area contributed by atoms with E-state index in [4.69, 9.17) is 4.74 Å². The van der Waals surface area contributed by atoms with Crippen LogP contribution in [-0.4, -0.2) is 64.8 Å². The molecular weight excluding hydrogens is 314 g/mol. The molecule has 9 heteroatoms. The Morgan fingerprint density at radius 2 is 2.25 bits per heavy atom. The highest BCUT2D eigenvalue weighted by Gasteiger charge is 2.40. The van der Waals surface area contributed by atoms with E-state index in [0.717, 1.165) is 25.9 Å². The second-order valence-electron chi connectivity index (χ2n) is 6.46. The molecule has 0 radical (unpaired) electrons. The highest BCUT2D eigenvalue weighted by molar-refractivity contribution is 5.92. The van der Waals surface area contributed by atoms with Crippen molar-refractivity contribution in [1.29, 1.82) is 0 Å². The van der Waals surface area contributed by atoms with Gasteiger partial charge in [0.05, 0.1) is 17.7 Å². The maximum absolute atomic E-state index is 12.3. The van der Waals surface area contributed by atoms with E-state index in [9.17, 15) is 14.7 Å².